The first-order chi connectivity index (χ1) is 5.36. The minimum absolute atomic E-state index is 0.671. The van der Waals surface area contributed by atoms with Crippen molar-refractivity contribution in [1.82, 2.24) is 0 Å². The molecule has 0 spiro atoms. The number of hydrogen-bond acceptors (Lipinski definition) is 2. The predicted octanol–water partition coefficient (Wildman–Crippen LogP) is 2.28. The van der Waals surface area contributed by atoms with Crippen molar-refractivity contribution in [2.45, 2.75) is 19.8 Å². The van der Waals surface area contributed by atoms with Gasteiger partial charge in [0.25, 0.3) is 0 Å². The molecule has 1 nitrogen and oxygen atoms in total. The lowest BCUT2D eigenvalue weighted by Crippen LogP contribution is -2.15. The summed E-state index contributed by atoms with van der Waals surface area (Å²) in [5.41, 5.74) is 7.04. The van der Waals surface area contributed by atoms with Crippen LogP contribution in [-0.4, -0.2) is 6.54 Å². The van der Waals surface area contributed by atoms with Crippen LogP contribution in [0.25, 0.3) is 0 Å². The van der Waals surface area contributed by atoms with E-state index in [2.05, 4.69) is 23.8 Å². The van der Waals surface area contributed by atoms with Gasteiger partial charge in [-0.25, -0.2) is 0 Å². The molecule has 0 saturated carbocycles. The molecule has 1 atom stereocenters. The third-order valence-corrected chi connectivity index (χ3v) is 2.75. The molecule has 1 rings (SSSR count). The normalized spacial score (nSPS) is 13.3. The third kappa shape index (κ3) is 2.64. The third-order valence-electron chi connectivity index (χ3n) is 2.02. The van der Waals surface area contributed by atoms with E-state index in [1.165, 1.54) is 12.0 Å². The summed E-state index contributed by atoms with van der Waals surface area (Å²) in [6.07, 6.45) is 2.34. The van der Waals surface area contributed by atoms with Crippen LogP contribution >= 0.6 is 11.3 Å². The summed E-state index contributed by atoms with van der Waals surface area (Å²) < 4.78 is 0. The van der Waals surface area contributed by atoms with Crippen LogP contribution in [0.5, 0.6) is 0 Å². The Labute approximate surface area is 72.2 Å². The highest BCUT2D eigenvalue weighted by molar-refractivity contribution is 7.07. The predicted molar refractivity (Wildman–Crippen MR) is 50.9 cm³/mol. The SMILES string of the molecule is CCC(CN)Cc1ccsc1. The van der Waals surface area contributed by atoms with Gasteiger partial charge < -0.3 is 5.73 Å². The molecule has 0 aliphatic rings. The minimum atomic E-state index is 0.671. The van der Waals surface area contributed by atoms with Crippen molar-refractivity contribution in [1.29, 1.82) is 0 Å². The number of thiophene rings is 1. The molecular weight excluding hydrogens is 154 g/mol. The first kappa shape index (κ1) is 8.75. The lowest BCUT2D eigenvalue weighted by molar-refractivity contribution is 0.519. The molecule has 2 N–H and O–H groups in total. The molecule has 1 heterocycles. The zero-order valence-corrected chi connectivity index (χ0v) is 7.73. The maximum absolute atomic E-state index is 5.60. The van der Waals surface area contributed by atoms with Crippen LogP contribution in [0.4, 0.5) is 0 Å². The fraction of sp³-hybridized carbons (Fsp3) is 0.556. The molecule has 0 aliphatic carbocycles. The molecule has 2 heteroatoms. The highest BCUT2D eigenvalue weighted by Crippen LogP contribution is 2.13. The number of rotatable bonds is 4. The molecule has 0 aromatic carbocycles. The van der Waals surface area contributed by atoms with Crippen LogP contribution in [0.2, 0.25) is 0 Å². The summed E-state index contributed by atoms with van der Waals surface area (Å²) in [6.45, 7) is 3.01. The summed E-state index contributed by atoms with van der Waals surface area (Å²) >= 11 is 1.76. The fourth-order valence-corrected chi connectivity index (χ4v) is 1.82. The highest BCUT2D eigenvalue weighted by atomic mass is 32.1. The molecule has 0 amide bonds. The van der Waals surface area contributed by atoms with Crippen molar-refractivity contribution in [2.75, 3.05) is 6.54 Å². The maximum Gasteiger partial charge on any atom is -0.00458 e. The largest absolute Gasteiger partial charge is 0.330 e. The molecule has 0 aliphatic heterocycles. The minimum Gasteiger partial charge on any atom is -0.330 e. The number of nitrogens with two attached hydrogens (primary N) is 1. The lowest BCUT2D eigenvalue weighted by atomic mass is 9.99. The Morgan fingerprint density at radius 3 is 2.91 bits per heavy atom. The van der Waals surface area contributed by atoms with Gasteiger partial charge in [-0.05, 0) is 41.3 Å². The van der Waals surface area contributed by atoms with E-state index in [1.54, 1.807) is 11.3 Å². The molecule has 1 aromatic heterocycles. The maximum atomic E-state index is 5.60. The van der Waals surface area contributed by atoms with Crippen LogP contribution in [0, 0.1) is 5.92 Å². The van der Waals surface area contributed by atoms with Crippen molar-refractivity contribution in [3.8, 4) is 0 Å². The Morgan fingerprint density at radius 2 is 2.45 bits per heavy atom. The van der Waals surface area contributed by atoms with Crippen molar-refractivity contribution in [2.24, 2.45) is 11.7 Å². The Balaban J connectivity index is 2.41. The summed E-state index contributed by atoms with van der Waals surface area (Å²) in [4.78, 5) is 0. The van der Waals surface area contributed by atoms with Crippen molar-refractivity contribution >= 4 is 11.3 Å². The van der Waals surface area contributed by atoms with E-state index in [0.717, 1.165) is 13.0 Å². The van der Waals surface area contributed by atoms with Crippen LogP contribution in [-0.2, 0) is 6.42 Å². The fourth-order valence-electron chi connectivity index (χ4n) is 1.14. The first-order valence-corrected chi connectivity index (χ1v) is 5.02. The summed E-state index contributed by atoms with van der Waals surface area (Å²) in [5, 5.41) is 4.33. The van der Waals surface area contributed by atoms with E-state index in [9.17, 15) is 0 Å². The first-order valence-electron chi connectivity index (χ1n) is 4.08. The topological polar surface area (TPSA) is 26.0 Å². The van der Waals surface area contributed by atoms with Gasteiger partial charge in [-0.3, -0.25) is 0 Å². The Morgan fingerprint density at radius 1 is 1.64 bits per heavy atom. The number of hydrogen-bond donors (Lipinski definition) is 1. The Kier molecular flexibility index (Phi) is 3.60. The second-order valence-electron chi connectivity index (χ2n) is 2.85. The van der Waals surface area contributed by atoms with Crippen molar-refractivity contribution < 1.29 is 0 Å². The van der Waals surface area contributed by atoms with Gasteiger partial charge in [0, 0.05) is 0 Å². The van der Waals surface area contributed by atoms with Crippen LogP contribution in [0.1, 0.15) is 18.9 Å². The zero-order valence-electron chi connectivity index (χ0n) is 6.92. The Bertz CT molecular complexity index is 177. The van der Waals surface area contributed by atoms with Crippen molar-refractivity contribution in [3.63, 3.8) is 0 Å². The van der Waals surface area contributed by atoms with Gasteiger partial charge in [-0.1, -0.05) is 13.3 Å². The van der Waals surface area contributed by atoms with Gasteiger partial charge in [0.15, 0.2) is 0 Å². The molecule has 0 fully saturated rings. The van der Waals surface area contributed by atoms with E-state index in [-0.39, 0.29) is 0 Å². The molecule has 0 saturated heterocycles. The summed E-state index contributed by atoms with van der Waals surface area (Å²) in [5.74, 6) is 0.671. The lowest BCUT2D eigenvalue weighted by Gasteiger charge is -2.09. The second-order valence-corrected chi connectivity index (χ2v) is 3.63. The molecule has 11 heavy (non-hydrogen) atoms. The van der Waals surface area contributed by atoms with Crippen LogP contribution in [0.3, 0.4) is 0 Å². The highest BCUT2D eigenvalue weighted by Gasteiger charge is 2.04. The monoisotopic (exact) mass is 169 g/mol. The van der Waals surface area contributed by atoms with E-state index in [0.29, 0.717) is 5.92 Å². The van der Waals surface area contributed by atoms with E-state index >= 15 is 0 Å². The summed E-state index contributed by atoms with van der Waals surface area (Å²) in [7, 11) is 0. The zero-order chi connectivity index (χ0) is 8.10. The quantitative estimate of drug-likeness (QED) is 0.735. The van der Waals surface area contributed by atoms with Crippen molar-refractivity contribution in [3.05, 3.63) is 22.4 Å². The molecule has 1 aromatic rings. The van der Waals surface area contributed by atoms with Crippen LogP contribution < -0.4 is 5.73 Å². The van der Waals surface area contributed by atoms with E-state index in [4.69, 9.17) is 5.73 Å². The second kappa shape index (κ2) is 4.52. The van der Waals surface area contributed by atoms with Gasteiger partial charge >= 0.3 is 0 Å². The summed E-state index contributed by atoms with van der Waals surface area (Å²) in [6, 6.07) is 2.18. The average Bonchev–Trinajstić information content (AvgIpc) is 2.52. The standard InChI is InChI=1S/C9H15NS/c1-2-8(6-10)5-9-3-4-11-7-9/h3-4,7-8H,2,5-6,10H2,1H3. The van der Waals surface area contributed by atoms with Gasteiger partial charge in [0.05, 0.1) is 0 Å². The molecule has 1 unspecified atom stereocenters. The molecule has 62 valence electrons. The smallest absolute Gasteiger partial charge is 0.00458 e. The average molecular weight is 169 g/mol. The van der Waals surface area contributed by atoms with Gasteiger partial charge in [-0.2, -0.15) is 11.3 Å². The van der Waals surface area contributed by atoms with Gasteiger partial charge in [0.2, 0.25) is 0 Å². The molecular formula is C9H15NS. The van der Waals surface area contributed by atoms with Gasteiger partial charge in [0.1, 0.15) is 0 Å². The van der Waals surface area contributed by atoms with E-state index in [1.807, 2.05) is 0 Å². The van der Waals surface area contributed by atoms with Gasteiger partial charge in [-0.15, -0.1) is 0 Å². The van der Waals surface area contributed by atoms with Crippen LogP contribution in [0.15, 0.2) is 16.8 Å². The van der Waals surface area contributed by atoms with E-state index < -0.39 is 0 Å². The molecule has 0 radical (unpaired) electrons. The molecule has 0 bridgehead atoms. The Hall–Kier alpha value is -0.340.